The minimum Gasteiger partial charge on any atom is -0.356 e. The summed E-state index contributed by atoms with van der Waals surface area (Å²) in [6, 6.07) is 0. The van der Waals surface area contributed by atoms with Gasteiger partial charge in [-0.2, -0.15) is 0 Å². The first-order chi connectivity index (χ1) is 10.5. The highest BCUT2D eigenvalue weighted by Gasteiger charge is 2.35. The van der Waals surface area contributed by atoms with Crippen LogP contribution < -0.4 is 10.6 Å². The van der Waals surface area contributed by atoms with Gasteiger partial charge in [-0.25, -0.2) is 8.42 Å². The zero-order valence-electron chi connectivity index (χ0n) is 15.7. The predicted molar refractivity (Wildman–Crippen MR) is 98.6 cm³/mol. The average Bonchev–Trinajstić information content (AvgIpc) is 2.85. The Bertz CT molecular complexity index is 504. The monoisotopic (exact) mass is 345 g/mol. The number of nitrogens with one attached hydrogen (secondary N) is 2. The van der Waals surface area contributed by atoms with Gasteiger partial charge in [-0.1, -0.05) is 26.7 Å². The Morgan fingerprint density at radius 2 is 1.78 bits per heavy atom. The van der Waals surface area contributed by atoms with Crippen molar-refractivity contribution in [2.24, 2.45) is 16.3 Å². The van der Waals surface area contributed by atoms with Crippen LogP contribution in [0.25, 0.3) is 0 Å². The van der Waals surface area contributed by atoms with E-state index >= 15 is 0 Å². The Kier molecular flexibility index (Phi) is 6.93. The van der Waals surface area contributed by atoms with Crippen LogP contribution in [0, 0.1) is 11.3 Å². The molecular formula is C17H35N3O2S. The van der Waals surface area contributed by atoms with E-state index in [-0.39, 0.29) is 0 Å². The number of guanidine groups is 1. The molecule has 0 heterocycles. The van der Waals surface area contributed by atoms with E-state index in [2.05, 4.69) is 29.5 Å². The molecule has 0 saturated heterocycles. The highest BCUT2D eigenvalue weighted by atomic mass is 32.2. The van der Waals surface area contributed by atoms with Gasteiger partial charge >= 0.3 is 0 Å². The van der Waals surface area contributed by atoms with Crippen LogP contribution >= 0.6 is 0 Å². The molecule has 0 unspecified atom stereocenters. The van der Waals surface area contributed by atoms with Crippen molar-refractivity contribution in [1.29, 1.82) is 0 Å². The Morgan fingerprint density at radius 1 is 1.22 bits per heavy atom. The number of hydrogen-bond acceptors (Lipinski definition) is 3. The number of nitrogens with zero attached hydrogens (tertiary/aromatic N) is 1. The fourth-order valence-electron chi connectivity index (χ4n) is 3.36. The van der Waals surface area contributed by atoms with Gasteiger partial charge in [0.05, 0.1) is 4.75 Å². The van der Waals surface area contributed by atoms with E-state index in [1.165, 1.54) is 38.4 Å². The highest BCUT2D eigenvalue weighted by Crippen LogP contribution is 2.42. The second kappa shape index (κ2) is 7.86. The van der Waals surface area contributed by atoms with Crippen LogP contribution in [0.3, 0.4) is 0 Å². The highest BCUT2D eigenvalue weighted by molar-refractivity contribution is 7.92. The lowest BCUT2D eigenvalue weighted by molar-refractivity contribution is 0.234. The van der Waals surface area contributed by atoms with Crippen molar-refractivity contribution < 1.29 is 8.42 Å². The second-order valence-electron chi connectivity index (χ2n) is 8.12. The van der Waals surface area contributed by atoms with Crippen molar-refractivity contribution in [2.45, 2.75) is 64.5 Å². The van der Waals surface area contributed by atoms with Gasteiger partial charge in [-0.15, -0.1) is 0 Å². The first-order valence-corrected chi connectivity index (χ1v) is 10.5. The van der Waals surface area contributed by atoms with Crippen molar-refractivity contribution in [3.05, 3.63) is 0 Å². The standard InChI is InChI=1S/C17H35N3O2S/c1-14(2)11-17(9-7-8-10-17)13-20-15(18-5)19-12-16(3,4)23(6,21)22/h14H,7-13H2,1-6H3,(H2,18,19,20). The third-order valence-electron chi connectivity index (χ3n) is 5.05. The second-order valence-corrected chi connectivity index (χ2v) is 10.8. The van der Waals surface area contributed by atoms with E-state index in [4.69, 9.17) is 0 Å². The summed E-state index contributed by atoms with van der Waals surface area (Å²) in [5.41, 5.74) is 0.359. The number of sulfone groups is 1. The average molecular weight is 346 g/mol. The summed E-state index contributed by atoms with van der Waals surface area (Å²) in [5, 5.41) is 6.60. The molecule has 2 N–H and O–H groups in total. The maximum absolute atomic E-state index is 11.8. The van der Waals surface area contributed by atoms with E-state index < -0.39 is 14.6 Å². The molecule has 1 aliphatic rings. The van der Waals surface area contributed by atoms with Gasteiger partial charge in [0, 0.05) is 26.4 Å². The molecule has 0 radical (unpaired) electrons. The van der Waals surface area contributed by atoms with Gasteiger partial charge in [0.1, 0.15) is 0 Å². The van der Waals surface area contributed by atoms with Crippen molar-refractivity contribution >= 4 is 15.8 Å². The lowest BCUT2D eigenvalue weighted by Gasteiger charge is -2.32. The first kappa shape index (κ1) is 20.3. The minimum absolute atomic E-state index is 0.350. The van der Waals surface area contributed by atoms with Crippen molar-refractivity contribution in [3.63, 3.8) is 0 Å². The Labute approximate surface area is 142 Å². The molecule has 1 aliphatic carbocycles. The molecule has 6 heteroatoms. The third-order valence-corrected chi connectivity index (χ3v) is 7.20. The first-order valence-electron chi connectivity index (χ1n) is 8.65. The van der Waals surface area contributed by atoms with Crippen molar-refractivity contribution in [2.75, 3.05) is 26.4 Å². The summed E-state index contributed by atoms with van der Waals surface area (Å²) in [6.07, 6.45) is 7.66. The summed E-state index contributed by atoms with van der Waals surface area (Å²) in [6.45, 7) is 9.29. The SMILES string of the molecule is CN=C(NCC1(CC(C)C)CCCC1)NCC(C)(C)S(C)(=O)=O. The summed E-state index contributed by atoms with van der Waals surface area (Å²) in [7, 11) is -1.38. The fraction of sp³-hybridized carbons (Fsp3) is 0.941. The van der Waals surface area contributed by atoms with Crippen LogP contribution in [0.5, 0.6) is 0 Å². The molecule has 1 fully saturated rings. The van der Waals surface area contributed by atoms with Crippen molar-refractivity contribution in [3.8, 4) is 0 Å². The van der Waals surface area contributed by atoms with Gasteiger partial charge < -0.3 is 10.6 Å². The Hall–Kier alpha value is -0.780. The maximum Gasteiger partial charge on any atom is 0.191 e. The molecule has 136 valence electrons. The van der Waals surface area contributed by atoms with Crippen LogP contribution in [0.2, 0.25) is 0 Å². The topological polar surface area (TPSA) is 70.6 Å². The molecule has 0 spiro atoms. The lowest BCUT2D eigenvalue weighted by atomic mass is 9.78. The van der Waals surface area contributed by atoms with E-state index in [0.29, 0.717) is 23.8 Å². The summed E-state index contributed by atoms with van der Waals surface area (Å²) >= 11 is 0. The molecule has 5 nitrogen and oxygen atoms in total. The lowest BCUT2D eigenvalue weighted by Crippen LogP contribution is -2.49. The number of aliphatic imine (C=N–C) groups is 1. The van der Waals surface area contributed by atoms with Crippen LogP contribution in [-0.2, 0) is 9.84 Å². The van der Waals surface area contributed by atoms with Crippen LogP contribution in [0.4, 0.5) is 0 Å². The van der Waals surface area contributed by atoms with E-state index in [0.717, 1.165) is 6.54 Å². The zero-order chi connectivity index (χ0) is 17.7. The van der Waals surface area contributed by atoms with Gasteiger partial charge in [0.2, 0.25) is 0 Å². The summed E-state index contributed by atoms with van der Waals surface area (Å²) in [4.78, 5) is 4.24. The fourth-order valence-corrected chi connectivity index (χ4v) is 3.70. The van der Waals surface area contributed by atoms with Crippen LogP contribution in [0.15, 0.2) is 4.99 Å². The molecule has 0 aromatic carbocycles. The quantitative estimate of drug-likeness (QED) is 0.549. The smallest absolute Gasteiger partial charge is 0.191 e. The zero-order valence-corrected chi connectivity index (χ0v) is 16.5. The largest absolute Gasteiger partial charge is 0.356 e. The van der Waals surface area contributed by atoms with Crippen molar-refractivity contribution in [1.82, 2.24) is 10.6 Å². The normalized spacial score (nSPS) is 19.2. The molecule has 0 aliphatic heterocycles. The third kappa shape index (κ3) is 5.98. The molecule has 0 amide bonds. The predicted octanol–water partition coefficient (Wildman–Crippen LogP) is 2.58. The molecule has 1 saturated carbocycles. The molecule has 0 atom stereocenters. The molecule has 1 rings (SSSR count). The number of rotatable bonds is 7. The van der Waals surface area contributed by atoms with Gasteiger partial charge in [0.15, 0.2) is 15.8 Å². The molecule has 0 bridgehead atoms. The van der Waals surface area contributed by atoms with Gasteiger partial charge in [-0.3, -0.25) is 4.99 Å². The maximum atomic E-state index is 11.8. The van der Waals surface area contributed by atoms with E-state index in [1.807, 2.05) is 0 Å². The van der Waals surface area contributed by atoms with Gasteiger partial charge in [-0.05, 0) is 44.4 Å². The summed E-state index contributed by atoms with van der Waals surface area (Å²) < 4.78 is 22.8. The van der Waals surface area contributed by atoms with Crippen LogP contribution in [0.1, 0.15) is 59.8 Å². The van der Waals surface area contributed by atoms with Crippen LogP contribution in [-0.4, -0.2) is 45.5 Å². The van der Waals surface area contributed by atoms with E-state index in [9.17, 15) is 8.42 Å². The molecular weight excluding hydrogens is 310 g/mol. The Morgan fingerprint density at radius 3 is 2.22 bits per heavy atom. The summed E-state index contributed by atoms with van der Waals surface area (Å²) in [5.74, 6) is 1.38. The molecule has 23 heavy (non-hydrogen) atoms. The van der Waals surface area contributed by atoms with E-state index in [1.54, 1.807) is 20.9 Å². The minimum atomic E-state index is -3.11. The molecule has 0 aromatic rings. The van der Waals surface area contributed by atoms with Gasteiger partial charge in [0.25, 0.3) is 0 Å². The Balaban J connectivity index is 2.60. The molecule has 0 aromatic heterocycles. The number of hydrogen-bond donors (Lipinski definition) is 2.